The molecule has 0 aliphatic rings. The van der Waals surface area contributed by atoms with Gasteiger partial charge in [-0.15, -0.1) is 0 Å². The molecule has 0 radical (unpaired) electrons. The SMILES string of the molecule is Cc1cc(C)cc(OCCCn2c(COc3ccc(C(C)C)cc3)nc3ccccc32)c1. The summed E-state index contributed by atoms with van der Waals surface area (Å²) in [6.45, 7) is 10.5. The summed E-state index contributed by atoms with van der Waals surface area (Å²) in [4.78, 5) is 4.83. The van der Waals surface area contributed by atoms with Crippen LogP contribution in [0.15, 0.2) is 66.7 Å². The molecular formula is C28H32N2O2. The van der Waals surface area contributed by atoms with Crippen molar-refractivity contribution in [2.45, 2.75) is 53.2 Å². The molecule has 4 nitrogen and oxygen atoms in total. The maximum Gasteiger partial charge on any atom is 0.147 e. The molecule has 0 spiro atoms. The lowest BCUT2D eigenvalue weighted by molar-refractivity contribution is 0.280. The summed E-state index contributed by atoms with van der Waals surface area (Å²) in [5, 5.41) is 0. The molecule has 3 aromatic carbocycles. The summed E-state index contributed by atoms with van der Waals surface area (Å²) < 4.78 is 14.3. The fraction of sp³-hybridized carbons (Fsp3) is 0.321. The Labute approximate surface area is 190 Å². The first-order chi connectivity index (χ1) is 15.5. The van der Waals surface area contributed by atoms with Gasteiger partial charge in [0.2, 0.25) is 0 Å². The van der Waals surface area contributed by atoms with Crippen molar-refractivity contribution >= 4 is 11.0 Å². The van der Waals surface area contributed by atoms with Crippen LogP contribution in [0.5, 0.6) is 11.5 Å². The van der Waals surface area contributed by atoms with Gasteiger partial charge < -0.3 is 14.0 Å². The van der Waals surface area contributed by atoms with Crippen LogP contribution < -0.4 is 9.47 Å². The Balaban J connectivity index is 1.42. The van der Waals surface area contributed by atoms with E-state index in [1.807, 2.05) is 18.2 Å². The molecule has 0 amide bonds. The number of nitrogens with zero attached hydrogens (tertiary/aromatic N) is 2. The third-order valence-corrected chi connectivity index (χ3v) is 5.64. The molecule has 1 aromatic heterocycles. The van der Waals surface area contributed by atoms with Gasteiger partial charge in [0.25, 0.3) is 0 Å². The molecule has 166 valence electrons. The van der Waals surface area contributed by atoms with Crippen LogP contribution >= 0.6 is 0 Å². The lowest BCUT2D eigenvalue weighted by Crippen LogP contribution is -2.10. The molecule has 4 heteroatoms. The largest absolute Gasteiger partial charge is 0.494 e. The first kappa shape index (κ1) is 21.9. The first-order valence-electron chi connectivity index (χ1n) is 11.4. The van der Waals surface area contributed by atoms with Gasteiger partial charge in [-0.2, -0.15) is 0 Å². The number of fused-ring (bicyclic) bond motifs is 1. The summed E-state index contributed by atoms with van der Waals surface area (Å²) in [6.07, 6.45) is 0.892. The highest BCUT2D eigenvalue weighted by Crippen LogP contribution is 2.22. The van der Waals surface area contributed by atoms with Crippen molar-refractivity contribution in [1.29, 1.82) is 0 Å². The highest BCUT2D eigenvalue weighted by molar-refractivity contribution is 5.75. The van der Waals surface area contributed by atoms with E-state index in [9.17, 15) is 0 Å². The van der Waals surface area contributed by atoms with Gasteiger partial charge >= 0.3 is 0 Å². The molecule has 1 heterocycles. The second-order valence-corrected chi connectivity index (χ2v) is 8.71. The van der Waals surface area contributed by atoms with Crippen LogP contribution in [0.2, 0.25) is 0 Å². The monoisotopic (exact) mass is 428 g/mol. The molecule has 0 saturated carbocycles. The van der Waals surface area contributed by atoms with E-state index >= 15 is 0 Å². The topological polar surface area (TPSA) is 36.3 Å². The van der Waals surface area contributed by atoms with E-state index in [-0.39, 0.29) is 0 Å². The van der Waals surface area contributed by atoms with Crippen molar-refractivity contribution in [3.63, 3.8) is 0 Å². The number of benzene rings is 3. The third-order valence-electron chi connectivity index (χ3n) is 5.64. The van der Waals surface area contributed by atoms with Crippen molar-refractivity contribution < 1.29 is 9.47 Å². The minimum Gasteiger partial charge on any atom is -0.494 e. The first-order valence-corrected chi connectivity index (χ1v) is 11.4. The van der Waals surface area contributed by atoms with Gasteiger partial charge in [-0.1, -0.05) is 44.2 Å². The highest BCUT2D eigenvalue weighted by atomic mass is 16.5. The molecule has 0 saturated heterocycles. The molecule has 0 fully saturated rings. The molecule has 0 bridgehead atoms. The standard InChI is InChI=1S/C28H32N2O2/c1-20(2)23-10-12-24(13-11-23)32-19-28-29-26-8-5-6-9-27(26)30(28)14-7-15-31-25-17-21(3)16-22(4)18-25/h5-6,8-13,16-18,20H,7,14-15,19H2,1-4H3. The zero-order valence-electron chi connectivity index (χ0n) is 19.5. The van der Waals surface area contributed by atoms with Crippen LogP contribution in [0.1, 0.15) is 48.7 Å². The van der Waals surface area contributed by atoms with E-state index in [2.05, 4.69) is 80.8 Å². The summed E-state index contributed by atoms with van der Waals surface area (Å²) >= 11 is 0. The third kappa shape index (κ3) is 5.31. The number of hydrogen-bond donors (Lipinski definition) is 0. The average Bonchev–Trinajstić information content (AvgIpc) is 3.12. The fourth-order valence-electron chi connectivity index (χ4n) is 4.01. The van der Waals surface area contributed by atoms with E-state index in [0.717, 1.165) is 41.3 Å². The van der Waals surface area contributed by atoms with Crippen molar-refractivity contribution in [1.82, 2.24) is 9.55 Å². The number of aryl methyl sites for hydroxylation is 3. The van der Waals surface area contributed by atoms with E-state index in [4.69, 9.17) is 14.5 Å². The van der Waals surface area contributed by atoms with E-state index < -0.39 is 0 Å². The summed E-state index contributed by atoms with van der Waals surface area (Å²) in [7, 11) is 0. The minimum absolute atomic E-state index is 0.438. The Morgan fingerprint density at radius 2 is 1.56 bits per heavy atom. The van der Waals surface area contributed by atoms with E-state index in [1.54, 1.807) is 0 Å². The average molecular weight is 429 g/mol. The fourth-order valence-corrected chi connectivity index (χ4v) is 4.01. The number of para-hydroxylation sites is 2. The quantitative estimate of drug-likeness (QED) is 0.274. The zero-order valence-corrected chi connectivity index (χ0v) is 19.5. The molecule has 0 N–H and O–H groups in total. The van der Waals surface area contributed by atoms with Gasteiger partial charge in [-0.05, 0) is 79.3 Å². The molecule has 4 aromatic rings. The zero-order chi connectivity index (χ0) is 22.5. The minimum atomic E-state index is 0.438. The van der Waals surface area contributed by atoms with Gasteiger partial charge in [0, 0.05) is 6.54 Å². The normalized spacial score (nSPS) is 11.3. The van der Waals surface area contributed by atoms with Gasteiger partial charge in [0.1, 0.15) is 23.9 Å². The van der Waals surface area contributed by atoms with Crippen LogP contribution in [-0.4, -0.2) is 16.2 Å². The maximum absolute atomic E-state index is 6.08. The van der Waals surface area contributed by atoms with Crippen LogP contribution in [0.4, 0.5) is 0 Å². The Morgan fingerprint density at radius 1 is 0.844 bits per heavy atom. The highest BCUT2D eigenvalue weighted by Gasteiger charge is 2.11. The van der Waals surface area contributed by atoms with Crippen molar-refractivity contribution in [3.05, 3.63) is 89.2 Å². The Hall–Kier alpha value is -3.27. The lowest BCUT2D eigenvalue weighted by Gasteiger charge is -2.12. The van der Waals surface area contributed by atoms with Crippen molar-refractivity contribution in [2.24, 2.45) is 0 Å². The van der Waals surface area contributed by atoms with E-state index in [1.165, 1.54) is 16.7 Å². The lowest BCUT2D eigenvalue weighted by atomic mass is 10.0. The van der Waals surface area contributed by atoms with Crippen LogP contribution in [0.25, 0.3) is 11.0 Å². The maximum atomic E-state index is 6.08. The van der Waals surface area contributed by atoms with E-state index in [0.29, 0.717) is 19.1 Å². The Kier molecular flexibility index (Phi) is 6.79. The smallest absolute Gasteiger partial charge is 0.147 e. The number of ether oxygens (including phenoxy) is 2. The summed E-state index contributed by atoms with van der Waals surface area (Å²) in [5.74, 6) is 3.25. The van der Waals surface area contributed by atoms with Gasteiger partial charge in [-0.3, -0.25) is 0 Å². The molecule has 0 aliphatic heterocycles. The number of rotatable bonds is 9. The van der Waals surface area contributed by atoms with Crippen molar-refractivity contribution in [3.8, 4) is 11.5 Å². The number of imidazole rings is 1. The predicted octanol–water partition coefficient (Wildman–Crippen LogP) is 6.82. The second-order valence-electron chi connectivity index (χ2n) is 8.71. The summed E-state index contributed by atoms with van der Waals surface area (Å²) in [6, 6.07) is 22.9. The Morgan fingerprint density at radius 3 is 2.28 bits per heavy atom. The molecule has 0 aliphatic carbocycles. The molecule has 0 unspecified atom stereocenters. The van der Waals surface area contributed by atoms with Crippen LogP contribution in [0, 0.1) is 13.8 Å². The van der Waals surface area contributed by atoms with Gasteiger partial charge in [0.15, 0.2) is 0 Å². The predicted molar refractivity (Wildman–Crippen MR) is 131 cm³/mol. The number of hydrogen-bond acceptors (Lipinski definition) is 3. The van der Waals surface area contributed by atoms with Crippen LogP contribution in [-0.2, 0) is 13.2 Å². The van der Waals surface area contributed by atoms with Crippen molar-refractivity contribution in [2.75, 3.05) is 6.61 Å². The van der Waals surface area contributed by atoms with Gasteiger partial charge in [0.05, 0.1) is 17.6 Å². The molecular weight excluding hydrogens is 396 g/mol. The molecule has 4 rings (SSSR count). The number of aromatic nitrogens is 2. The summed E-state index contributed by atoms with van der Waals surface area (Å²) in [5.41, 5.74) is 5.89. The molecule has 0 atom stereocenters. The van der Waals surface area contributed by atoms with Gasteiger partial charge in [-0.25, -0.2) is 4.98 Å². The second kappa shape index (κ2) is 9.90. The Bertz CT molecular complexity index is 1160. The van der Waals surface area contributed by atoms with Crippen LogP contribution in [0.3, 0.4) is 0 Å². The molecule has 32 heavy (non-hydrogen) atoms.